The van der Waals surface area contributed by atoms with Crippen LogP contribution in [0.25, 0.3) is 0 Å². The normalized spacial score (nSPS) is 35.3. The van der Waals surface area contributed by atoms with Crippen molar-refractivity contribution in [1.82, 2.24) is 4.90 Å². The Morgan fingerprint density at radius 3 is 2.41 bits per heavy atom. The zero-order valence-corrected chi connectivity index (χ0v) is 15.8. The molecule has 2 bridgehead atoms. The maximum absolute atomic E-state index is 12.9. The lowest BCUT2D eigenvalue weighted by Gasteiger charge is -2.37. The molecular formula is C21H21ClN2O3. The van der Waals surface area contributed by atoms with Gasteiger partial charge in [0.05, 0.1) is 11.8 Å². The zero-order chi connectivity index (χ0) is 18.9. The molecule has 0 unspecified atom stereocenters. The lowest BCUT2D eigenvalue weighted by molar-refractivity contribution is -0.140. The Bertz CT molecular complexity index is 859. The third-order valence-electron chi connectivity index (χ3n) is 6.86. The Balaban J connectivity index is 1.26. The number of carbonyl (C=O) groups is 3. The summed E-state index contributed by atoms with van der Waals surface area (Å²) in [5.74, 6) is 0.828. The minimum atomic E-state index is -0.222. The van der Waals surface area contributed by atoms with Gasteiger partial charge in [0.25, 0.3) is 0 Å². The van der Waals surface area contributed by atoms with Gasteiger partial charge in [-0.05, 0) is 54.7 Å². The van der Waals surface area contributed by atoms with Crippen LogP contribution < -0.4 is 5.32 Å². The average Bonchev–Trinajstić information content (AvgIpc) is 3.43. The first-order chi connectivity index (χ1) is 13.0. The van der Waals surface area contributed by atoms with E-state index in [9.17, 15) is 14.4 Å². The molecule has 6 heteroatoms. The number of rotatable bonds is 4. The van der Waals surface area contributed by atoms with Crippen LogP contribution in [0.3, 0.4) is 0 Å². The summed E-state index contributed by atoms with van der Waals surface area (Å²) in [6, 6.07) is 5.33. The van der Waals surface area contributed by atoms with E-state index in [0.29, 0.717) is 22.5 Å². The highest BCUT2D eigenvalue weighted by molar-refractivity contribution is 6.31. The molecule has 2 saturated carbocycles. The highest BCUT2D eigenvalue weighted by atomic mass is 35.5. The van der Waals surface area contributed by atoms with Crippen molar-refractivity contribution in [3.8, 4) is 0 Å². The van der Waals surface area contributed by atoms with Crippen molar-refractivity contribution in [2.24, 2.45) is 35.5 Å². The van der Waals surface area contributed by atoms with Gasteiger partial charge in [-0.15, -0.1) is 0 Å². The van der Waals surface area contributed by atoms with Crippen molar-refractivity contribution in [3.63, 3.8) is 0 Å². The number of halogens is 1. The van der Waals surface area contributed by atoms with E-state index in [-0.39, 0.29) is 54.4 Å². The number of nitrogens with zero attached hydrogens (tertiary/aromatic N) is 1. The van der Waals surface area contributed by atoms with Crippen molar-refractivity contribution in [1.29, 1.82) is 0 Å². The Kier molecular flexibility index (Phi) is 3.73. The van der Waals surface area contributed by atoms with Gasteiger partial charge in [0.15, 0.2) is 0 Å². The standard InChI is InChI=1S/C21H21ClN2O3/c1-10-15(22)3-2-4-16(10)23-17(25)7-8-24-20(26)18-11-5-6-12(14-9-13(11)14)19(18)21(24)27/h2-6,11-14,18-19H,7-9H2,1H3,(H,23,25)/t11-,12+,13-,14-,18+,19+/m1/s1. The number of carbonyl (C=O) groups excluding carboxylic acids is 3. The van der Waals surface area contributed by atoms with Crippen LogP contribution in [-0.2, 0) is 14.4 Å². The molecule has 1 aliphatic heterocycles. The van der Waals surface area contributed by atoms with Gasteiger partial charge in [-0.2, -0.15) is 0 Å². The van der Waals surface area contributed by atoms with Crippen LogP contribution in [-0.4, -0.2) is 29.2 Å². The molecule has 140 valence electrons. The van der Waals surface area contributed by atoms with Gasteiger partial charge in [0.1, 0.15) is 0 Å². The van der Waals surface area contributed by atoms with Crippen LogP contribution in [0.2, 0.25) is 5.02 Å². The quantitative estimate of drug-likeness (QED) is 0.641. The highest BCUT2D eigenvalue weighted by Gasteiger charge is 2.66. The van der Waals surface area contributed by atoms with E-state index >= 15 is 0 Å². The summed E-state index contributed by atoms with van der Waals surface area (Å²) in [4.78, 5) is 39.5. The van der Waals surface area contributed by atoms with E-state index in [2.05, 4.69) is 17.5 Å². The Morgan fingerprint density at radius 2 is 1.78 bits per heavy atom. The lowest BCUT2D eigenvalue weighted by Crippen LogP contribution is -2.40. The van der Waals surface area contributed by atoms with Gasteiger partial charge in [-0.1, -0.05) is 29.8 Å². The summed E-state index contributed by atoms with van der Waals surface area (Å²) < 4.78 is 0. The monoisotopic (exact) mass is 384 g/mol. The van der Waals surface area contributed by atoms with Gasteiger partial charge in [-0.25, -0.2) is 0 Å². The smallest absolute Gasteiger partial charge is 0.233 e. The number of hydrogen-bond donors (Lipinski definition) is 1. The molecule has 4 aliphatic carbocycles. The van der Waals surface area contributed by atoms with Crippen molar-refractivity contribution in [3.05, 3.63) is 40.9 Å². The first-order valence-corrected chi connectivity index (χ1v) is 9.93. The second-order valence-electron chi connectivity index (χ2n) is 8.19. The summed E-state index contributed by atoms with van der Waals surface area (Å²) in [6.45, 7) is 1.98. The molecule has 1 N–H and O–H groups in total. The molecule has 0 spiro atoms. The highest BCUT2D eigenvalue weighted by Crippen LogP contribution is 2.65. The van der Waals surface area contributed by atoms with Crippen LogP contribution in [0, 0.1) is 42.4 Å². The topological polar surface area (TPSA) is 66.5 Å². The van der Waals surface area contributed by atoms with E-state index in [1.165, 1.54) is 4.90 Å². The van der Waals surface area contributed by atoms with E-state index in [1.807, 2.05) is 6.92 Å². The molecule has 0 aromatic heterocycles. The van der Waals surface area contributed by atoms with E-state index < -0.39 is 0 Å². The molecule has 6 rings (SSSR count). The predicted molar refractivity (Wildman–Crippen MR) is 101 cm³/mol. The molecule has 1 saturated heterocycles. The summed E-state index contributed by atoms with van der Waals surface area (Å²) in [5.41, 5.74) is 1.45. The molecule has 6 atom stereocenters. The van der Waals surface area contributed by atoms with Crippen molar-refractivity contribution in [2.75, 3.05) is 11.9 Å². The molecule has 1 heterocycles. The van der Waals surface area contributed by atoms with Gasteiger partial charge in [-0.3, -0.25) is 19.3 Å². The maximum atomic E-state index is 12.9. The molecule has 3 fully saturated rings. The molecule has 27 heavy (non-hydrogen) atoms. The Morgan fingerprint density at radius 1 is 1.15 bits per heavy atom. The summed E-state index contributed by atoms with van der Waals surface area (Å²) in [5, 5.41) is 3.41. The fourth-order valence-electron chi connectivity index (χ4n) is 5.41. The van der Waals surface area contributed by atoms with Crippen LogP contribution >= 0.6 is 11.6 Å². The van der Waals surface area contributed by atoms with Crippen LogP contribution in [0.5, 0.6) is 0 Å². The number of allylic oxidation sites excluding steroid dienone is 2. The fraction of sp³-hybridized carbons (Fsp3) is 0.476. The largest absolute Gasteiger partial charge is 0.326 e. The van der Waals surface area contributed by atoms with Gasteiger partial charge in [0, 0.05) is 23.7 Å². The Hall–Kier alpha value is -2.14. The number of imide groups is 1. The molecular weight excluding hydrogens is 364 g/mol. The number of nitrogens with one attached hydrogen (secondary N) is 1. The van der Waals surface area contributed by atoms with Gasteiger partial charge < -0.3 is 5.32 Å². The predicted octanol–water partition coefficient (Wildman–Crippen LogP) is 3.03. The van der Waals surface area contributed by atoms with Crippen molar-refractivity contribution >= 4 is 35.0 Å². The zero-order valence-electron chi connectivity index (χ0n) is 15.0. The second-order valence-corrected chi connectivity index (χ2v) is 8.60. The number of hydrogen-bond acceptors (Lipinski definition) is 3. The molecule has 1 aromatic carbocycles. The second kappa shape index (κ2) is 5.93. The first kappa shape index (κ1) is 17.0. The van der Waals surface area contributed by atoms with Crippen LogP contribution in [0.15, 0.2) is 30.4 Å². The van der Waals surface area contributed by atoms with E-state index in [4.69, 9.17) is 11.6 Å². The number of amides is 3. The molecule has 0 radical (unpaired) electrons. The first-order valence-electron chi connectivity index (χ1n) is 9.56. The Labute approximate surface area is 162 Å². The summed E-state index contributed by atoms with van der Waals surface area (Å²) in [7, 11) is 0. The van der Waals surface area contributed by atoms with Gasteiger partial charge >= 0.3 is 0 Å². The third-order valence-corrected chi connectivity index (χ3v) is 7.27. The number of likely N-dealkylation sites (tertiary alicyclic amines) is 1. The van der Waals surface area contributed by atoms with Crippen molar-refractivity contribution in [2.45, 2.75) is 19.8 Å². The van der Waals surface area contributed by atoms with Gasteiger partial charge in [0.2, 0.25) is 17.7 Å². The minimum absolute atomic E-state index is 0.0820. The minimum Gasteiger partial charge on any atom is -0.326 e. The van der Waals surface area contributed by atoms with Crippen molar-refractivity contribution < 1.29 is 14.4 Å². The molecule has 5 nitrogen and oxygen atoms in total. The fourth-order valence-corrected chi connectivity index (χ4v) is 5.58. The number of benzene rings is 1. The van der Waals surface area contributed by atoms with Crippen LogP contribution in [0.4, 0.5) is 5.69 Å². The summed E-state index contributed by atoms with van der Waals surface area (Å²) in [6.07, 6.45) is 5.56. The molecule has 3 amide bonds. The average molecular weight is 385 g/mol. The molecule has 5 aliphatic rings. The van der Waals surface area contributed by atoms with Crippen LogP contribution in [0.1, 0.15) is 18.4 Å². The third kappa shape index (κ3) is 2.48. The summed E-state index contributed by atoms with van der Waals surface area (Å²) >= 11 is 6.08. The SMILES string of the molecule is Cc1c(Cl)cccc1NC(=O)CCN1C(=O)[C@H]2[C@@H]3C=C[C@@H]([C@H]4C[C@H]34)[C@@H]2C1=O. The van der Waals surface area contributed by atoms with E-state index in [1.54, 1.807) is 18.2 Å². The molecule has 1 aromatic rings. The van der Waals surface area contributed by atoms with E-state index in [0.717, 1.165) is 12.0 Å². The maximum Gasteiger partial charge on any atom is 0.233 e. The number of anilines is 1. The lowest BCUT2D eigenvalue weighted by atomic mass is 9.63.